The maximum absolute atomic E-state index is 13.3. The number of carboxylic acid groups (broad SMARTS) is 1. The number of Topliss-reactive ketones (excluding diaryl/α,β-unsaturated/α-hetero) is 1. The van der Waals surface area contributed by atoms with Gasteiger partial charge in [0, 0.05) is 31.5 Å². The summed E-state index contributed by atoms with van der Waals surface area (Å²) < 4.78 is 58.6. The van der Waals surface area contributed by atoms with Gasteiger partial charge in [0.2, 0.25) is 0 Å². The maximum Gasteiger partial charge on any atom is 0.307 e. The summed E-state index contributed by atoms with van der Waals surface area (Å²) >= 11 is 0. The number of ketones is 1. The number of aliphatic carboxylic acids is 1. The molecule has 2 atom stereocenters. The Bertz CT molecular complexity index is 908. The minimum atomic E-state index is -2.73. The first kappa shape index (κ1) is 18.3. The molecular formula is C25H38O6. The van der Waals surface area contributed by atoms with Crippen LogP contribution in [0.4, 0.5) is 0 Å². The van der Waals surface area contributed by atoms with Crippen LogP contribution >= 0.6 is 0 Å². The summed E-state index contributed by atoms with van der Waals surface area (Å²) in [6, 6.07) is 4.26. The van der Waals surface area contributed by atoms with Gasteiger partial charge in [0.05, 0.1) is 27.8 Å². The maximum atomic E-state index is 13.3. The molecule has 0 spiro atoms. The van der Waals surface area contributed by atoms with Crippen molar-refractivity contribution in [1.82, 2.24) is 0 Å². The van der Waals surface area contributed by atoms with E-state index < -0.39 is 31.9 Å². The zero-order chi connectivity index (χ0) is 28.4. The monoisotopic (exact) mass is 440 g/mol. The summed E-state index contributed by atoms with van der Waals surface area (Å²) in [5, 5.41) is 9.35. The van der Waals surface area contributed by atoms with Crippen LogP contribution in [-0.2, 0) is 9.53 Å². The van der Waals surface area contributed by atoms with Crippen LogP contribution in [-0.4, -0.2) is 44.1 Å². The number of methoxy groups -OCH3 is 2. The third kappa shape index (κ3) is 8.74. The minimum Gasteiger partial charge on any atom is -0.493 e. The zero-order valence-corrected chi connectivity index (χ0v) is 18.7. The topological polar surface area (TPSA) is 82.1 Å². The smallest absolute Gasteiger partial charge is 0.307 e. The van der Waals surface area contributed by atoms with Gasteiger partial charge in [-0.05, 0) is 42.9 Å². The van der Waals surface area contributed by atoms with Crippen molar-refractivity contribution in [2.24, 2.45) is 23.7 Å². The van der Waals surface area contributed by atoms with Crippen LogP contribution in [0, 0.1) is 23.7 Å². The first-order valence-electron chi connectivity index (χ1n) is 13.5. The Hall–Kier alpha value is -2.34. The second kappa shape index (κ2) is 13.9. The molecule has 6 heteroatoms. The van der Waals surface area contributed by atoms with Gasteiger partial charge in [-0.1, -0.05) is 39.8 Å². The molecule has 0 saturated heterocycles. The molecule has 0 aliphatic carbocycles. The van der Waals surface area contributed by atoms with Gasteiger partial charge in [0.15, 0.2) is 17.3 Å². The Balaban J connectivity index is 3.03. The number of hydrogen-bond donors (Lipinski definition) is 1. The fraction of sp³-hybridized carbons (Fsp3) is 0.600. The van der Waals surface area contributed by atoms with E-state index in [1.807, 2.05) is 33.8 Å². The molecule has 0 aliphatic heterocycles. The SMILES string of the molecule is [2H]C([2H])([2H])OCCCOc1cc(C(=O)C(C/C=C/C[C@H](C(=O)O)C(C)C)C(C)C)ccc1OC([2H])([2H])[2H]. The van der Waals surface area contributed by atoms with E-state index in [1.165, 1.54) is 18.2 Å². The van der Waals surface area contributed by atoms with Gasteiger partial charge >= 0.3 is 5.97 Å². The van der Waals surface area contributed by atoms with Crippen LogP contribution in [0.1, 0.15) is 65.5 Å². The third-order valence-corrected chi connectivity index (χ3v) is 5.20. The van der Waals surface area contributed by atoms with E-state index in [4.69, 9.17) is 22.4 Å². The summed E-state index contributed by atoms with van der Waals surface area (Å²) in [6.45, 7) is 7.46. The fourth-order valence-corrected chi connectivity index (χ4v) is 3.21. The van der Waals surface area contributed by atoms with Crippen molar-refractivity contribution in [3.8, 4) is 11.5 Å². The standard InChI is InChI=1S/C25H38O6/c1-17(2)20(10-7-8-11-21(18(3)4)25(27)28)24(26)19-12-13-22(30-6)23(16-19)31-15-9-14-29-5/h7-8,12-13,16-18,20-21H,9-11,14-15H2,1-6H3,(H,27,28)/b8-7+/t20?,21-/m0/s1/i5D3,6D3. The van der Waals surface area contributed by atoms with Crippen LogP contribution in [0.5, 0.6) is 11.5 Å². The van der Waals surface area contributed by atoms with Gasteiger partial charge in [-0.2, -0.15) is 0 Å². The van der Waals surface area contributed by atoms with Crippen LogP contribution < -0.4 is 9.47 Å². The van der Waals surface area contributed by atoms with Crippen molar-refractivity contribution in [2.75, 3.05) is 27.3 Å². The Morgan fingerprint density at radius 1 is 1.00 bits per heavy atom. The van der Waals surface area contributed by atoms with Gasteiger partial charge in [-0.25, -0.2) is 0 Å². The van der Waals surface area contributed by atoms with Gasteiger partial charge < -0.3 is 19.3 Å². The number of carbonyl (C=O) groups excluding carboxylic acids is 1. The zero-order valence-electron chi connectivity index (χ0n) is 24.7. The molecule has 1 rings (SSSR count). The summed E-state index contributed by atoms with van der Waals surface area (Å²) in [4.78, 5) is 24.7. The molecule has 0 aromatic heterocycles. The molecule has 0 radical (unpaired) electrons. The van der Waals surface area contributed by atoms with Crippen molar-refractivity contribution in [1.29, 1.82) is 0 Å². The van der Waals surface area contributed by atoms with Gasteiger partial charge in [-0.3, -0.25) is 9.59 Å². The van der Waals surface area contributed by atoms with Gasteiger partial charge in [-0.15, -0.1) is 0 Å². The molecular weight excluding hydrogens is 396 g/mol. The Morgan fingerprint density at radius 3 is 2.26 bits per heavy atom. The molecule has 174 valence electrons. The molecule has 31 heavy (non-hydrogen) atoms. The average molecular weight is 441 g/mol. The van der Waals surface area contributed by atoms with Gasteiger partial charge in [0.25, 0.3) is 0 Å². The highest BCUT2D eigenvalue weighted by molar-refractivity contribution is 5.98. The van der Waals surface area contributed by atoms with Crippen LogP contribution in [0.15, 0.2) is 30.4 Å². The highest BCUT2D eigenvalue weighted by atomic mass is 16.5. The molecule has 1 aromatic rings. The van der Waals surface area contributed by atoms with Crippen molar-refractivity contribution in [3.63, 3.8) is 0 Å². The van der Waals surface area contributed by atoms with Crippen molar-refractivity contribution < 1.29 is 37.1 Å². The molecule has 1 aromatic carbocycles. The Labute approximate surface area is 195 Å². The summed E-state index contributed by atoms with van der Waals surface area (Å²) in [5.41, 5.74) is 0.310. The van der Waals surface area contributed by atoms with Crippen molar-refractivity contribution in [2.45, 2.75) is 47.0 Å². The summed E-state index contributed by atoms with van der Waals surface area (Å²) in [5.74, 6) is -1.97. The number of hydrogen-bond acceptors (Lipinski definition) is 5. The predicted molar refractivity (Wildman–Crippen MR) is 122 cm³/mol. The van der Waals surface area contributed by atoms with Gasteiger partial charge in [0.1, 0.15) is 0 Å². The first-order chi connectivity index (χ1) is 17.0. The Morgan fingerprint density at radius 2 is 1.68 bits per heavy atom. The second-order valence-corrected chi connectivity index (χ2v) is 8.16. The van der Waals surface area contributed by atoms with E-state index in [1.54, 1.807) is 6.08 Å². The lowest BCUT2D eigenvalue weighted by atomic mass is 9.84. The average Bonchev–Trinajstić information content (AvgIpc) is 2.73. The molecule has 0 aliphatic rings. The fourth-order valence-electron chi connectivity index (χ4n) is 3.21. The number of ether oxygens (including phenoxy) is 3. The molecule has 6 nitrogen and oxygen atoms in total. The normalized spacial score (nSPS) is 17.2. The van der Waals surface area contributed by atoms with Crippen LogP contribution in [0.2, 0.25) is 0 Å². The highest BCUT2D eigenvalue weighted by Gasteiger charge is 2.24. The van der Waals surface area contributed by atoms with E-state index in [9.17, 15) is 14.7 Å². The van der Waals surface area contributed by atoms with Crippen molar-refractivity contribution in [3.05, 3.63) is 35.9 Å². The summed E-state index contributed by atoms with van der Waals surface area (Å²) in [7, 11) is -5.26. The predicted octanol–water partition coefficient (Wildman–Crippen LogP) is 5.26. The molecule has 0 bridgehead atoms. The van der Waals surface area contributed by atoms with E-state index in [-0.39, 0.29) is 48.8 Å². The molecule has 0 amide bonds. The molecule has 0 fully saturated rings. The van der Waals surface area contributed by atoms with Crippen LogP contribution in [0.3, 0.4) is 0 Å². The number of carbonyl (C=O) groups is 2. The van der Waals surface area contributed by atoms with Crippen molar-refractivity contribution >= 4 is 11.8 Å². The molecule has 1 N–H and O–H groups in total. The number of carboxylic acids is 1. The number of allylic oxidation sites excluding steroid dienone is 2. The van der Waals surface area contributed by atoms with E-state index in [0.29, 0.717) is 18.4 Å². The van der Waals surface area contributed by atoms with E-state index in [2.05, 4.69) is 0 Å². The number of benzene rings is 1. The Kier molecular flexibility index (Phi) is 8.16. The largest absolute Gasteiger partial charge is 0.493 e. The molecule has 0 heterocycles. The number of rotatable bonds is 15. The lowest BCUT2D eigenvalue weighted by Gasteiger charge is -2.19. The molecule has 0 saturated carbocycles. The summed E-state index contributed by atoms with van der Waals surface area (Å²) in [6.07, 6.45) is 4.63. The van der Waals surface area contributed by atoms with E-state index in [0.717, 1.165) is 0 Å². The third-order valence-electron chi connectivity index (χ3n) is 5.20. The molecule has 1 unspecified atom stereocenters. The first-order valence-corrected chi connectivity index (χ1v) is 10.5. The van der Waals surface area contributed by atoms with Crippen LogP contribution in [0.25, 0.3) is 0 Å². The second-order valence-electron chi connectivity index (χ2n) is 8.16. The quantitative estimate of drug-likeness (QED) is 0.228. The highest BCUT2D eigenvalue weighted by Crippen LogP contribution is 2.31. The lowest BCUT2D eigenvalue weighted by Crippen LogP contribution is -2.20. The lowest BCUT2D eigenvalue weighted by molar-refractivity contribution is -0.143. The van der Waals surface area contributed by atoms with E-state index >= 15 is 0 Å². The minimum absolute atomic E-state index is 0.0150.